The van der Waals surface area contributed by atoms with Gasteiger partial charge in [-0.05, 0) is 67.3 Å². The summed E-state index contributed by atoms with van der Waals surface area (Å²) in [6.07, 6.45) is 0.843. The molecule has 2 atom stereocenters. The summed E-state index contributed by atoms with van der Waals surface area (Å²) in [5, 5.41) is 16.1. The van der Waals surface area contributed by atoms with Crippen molar-refractivity contribution in [3.05, 3.63) is 76.2 Å². The van der Waals surface area contributed by atoms with Crippen LogP contribution in [0, 0.1) is 6.92 Å². The van der Waals surface area contributed by atoms with Crippen molar-refractivity contribution in [1.82, 2.24) is 15.5 Å². The number of hydrogen-bond donors (Lipinski definition) is 3. The molecular formula is C28H33N3O3S. The standard InChI is InChI=1S/C28H33N3O3S/c1-18-6-7-23(34-24-14-29-15-24)13-26(18)28(33)30-19(2)20-4-3-5-21(12-20)27-9-8-25(35-27)17-31-11-10-22(32)16-31/h3-9,12-13,19,22,24,29,32H,10-11,14-17H2,1-2H3,(H,30,33)/t19?,22-/m0/s1. The molecule has 2 aliphatic heterocycles. The van der Waals surface area contributed by atoms with E-state index in [0.29, 0.717) is 5.56 Å². The number of nitrogens with one attached hydrogen (secondary N) is 2. The van der Waals surface area contributed by atoms with E-state index in [1.807, 2.05) is 32.0 Å². The molecule has 35 heavy (non-hydrogen) atoms. The monoisotopic (exact) mass is 491 g/mol. The summed E-state index contributed by atoms with van der Waals surface area (Å²) >= 11 is 1.79. The molecular weight excluding hydrogens is 458 g/mol. The zero-order chi connectivity index (χ0) is 24.4. The molecule has 1 aromatic heterocycles. The van der Waals surface area contributed by atoms with Crippen LogP contribution in [0.2, 0.25) is 0 Å². The zero-order valence-electron chi connectivity index (χ0n) is 20.3. The van der Waals surface area contributed by atoms with Crippen LogP contribution in [-0.2, 0) is 6.54 Å². The fourth-order valence-electron chi connectivity index (χ4n) is 4.57. The largest absolute Gasteiger partial charge is 0.488 e. The van der Waals surface area contributed by atoms with Crippen LogP contribution in [0.25, 0.3) is 10.4 Å². The Morgan fingerprint density at radius 1 is 1.23 bits per heavy atom. The Morgan fingerprint density at radius 3 is 2.83 bits per heavy atom. The van der Waals surface area contributed by atoms with Crippen LogP contribution in [0.5, 0.6) is 5.75 Å². The molecule has 7 heteroatoms. The molecule has 0 radical (unpaired) electrons. The van der Waals surface area contributed by atoms with E-state index in [-0.39, 0.29) is 24.2 Å². The summed E-state index contributed by atoms with van der Waals surface area (Å²) in [6, 6.07) is 18.3. The number of ether oxygens (including phenoxy) is 1. The average molecular weight is 492 g/mol. The second-order valence-electron chi connectivity index (χ2n) is 9.64. The van der Waals surface area contributed by atoms with Gasteiger partial charge in [-0.2, -0.15) is 0 Å². The maximum Gasteiger partial charge on any atom is 0.252 e. The van der Waals surface area contributed by atoms with E-state index < -0.39 is 0 Å². The summed E-state index contributed by atoms with van der Waals surface area (Å²) in [6.45, 7) is 8.25. The molecule has 3 aromatic rings. The van der Waals surface area contributed by atoms with Crippen molar-refractivity contribution in [2.24, 2.45) is 0 Å². The topological polar surface area (TPSA) is 73.8 Å². The number of aliphatic hydroxyl groups is 1. The van der Waals surface area contributed by atoms with Crippen LogP contribution < -0.4 is 15.4 Å². The number of benzene rings is 2. The molecule has 2 aliphatic rings. The Labute approximate surface area is 210 Å². The minimum absolute atomic E-state index is 0.0937. The van der Waals surface area contributed by atoms with Crippen molar-refractivity contribution < 1.29 is 14.6 Å². The predicted octanol–water partition coefficient (Wildman–Crippen LogP) is 4.13. The third-order valence-electron chi connectivity index (χ3n) is 6.81. The number of likely N-dealkylation sites (tertiary alicyclic amines) is 1. The molecule has 0 saturated carbocycles. The summed E-state index contributed by atoms with van der Waals surface area (Å²) in [7, 11) is 0. The lowest BCUT2D eigenvalue weighted by atomic mass is 10.0. The lowest BCUT2D eigenvalue weighted by Crippen LogP contribution is -2.50. The number of thiophene rings is 1. The van der Waals surface area contributed by atoms with Crippen LogP contribution in [0.15, 0.2) is 54.6 Å². The van der Waals surface area contributed by atoms with E-state index >= 15 is 0 Å². The molecule has 184 valence electrons. The number of amides is 1. The van der Waals surface area contributed by atoms with Crippen molar-refractivity contribution in [3.8, 4) is 16.2 Å². The fourth-order valence-corrected chi connectivity index (χ4v) is 5.62. The molecule has 0 aliphatic carbocycles. The Hall–Kier alpha value is -2.71. The van der Waals surface area contributed by atoms with Gasteiger partial charge in [0.2, 0.25) is 0 Å². The Kier molecular flexibility index (Phi) is 7.20. The van der Waals surface area contributed by atoms with E-state index in [0.717, 1.165) is 61.6 Å². The van der Waals surface area contributed by atoms with Gasteiger partial charge in [-0.3, -0.25) is 9.69 Å². The molecule has 2 aromatic carbocycles. The van der Waals surface area contributed by atoms with Gasteiger partial charge in [0.15, 0.2) is 0 Å². The second-order valence-corrected chi connectivity index (χ2v) is 10.8. The number of carbonyl (C=O) groups is 1. The smallest absolute Gasteiger partial charge is 0.252 e. The quantitative estimate of drug-likeness (QED) is 0.442. The van der Waals surface area contributed by atoms with Crippen LogP contribution in [0.1, 0.15) is 45.7 Å². The van der Waals surface area contributed by atoms with E-state index in [4.69, 9.17) is 4.74 Å². The van der Waals surface area contributed by atoms with Gasteiger partial charge in [0.05, 0.1) is 12.1 Å². The SMILES string of the molecule is Cc1ccc(OC2CNC2)cc1C(=O)NC(C)c1cccc(-c2ccc(CN3CC[C@H](O)C3)s2)c1. The van der Waals surface area contributed by atoms with Crippen molar-refractivity contribution >= 4 is 17.2 Å². The number of carbonyl (C=O) groups excluding carboxylic acids is 1. The highest BCUT2D eigenvalue weighted by Crippen LogP contribution is 2.31. The normalized spacial score (nSPS) is 19.3. The molecule has 0 bridgehead atoms. The van der Waals surface area contributed by atoms with Gasteiger partial charge in [-0.1, -0.05) is 24.3 Å². The number of β-amino-alcohol motifs (C(OH)–C–C–N with tert-alkyl or cyclic N) is 1. The molecule has 0 spiro atoms. The van der Waals surface area contributed by atoms with Gasteiger partial charge in [-0.15, -0.1) is 11.3 Å². The first kappa shape index (κ1) is 24.0. The van der Waals surface area contributed by atoms with Crippen molar-refractivity contribution in [1.29, 1.82) is 0 Å². The first-order valence-electron chi connectivity index (χ1n) is 12.3. The van der Waals surface area contributed by atoms with Crippen molar-refractivity contribution in [3.63, 3.8) is 0 Å². The number of aliphatic hydroxyl groups excluding tert-OH is 1. The zero-order valence-corrected chi connectivity index (χ0v) is 21.1. The molecule has 1 unspecified atom stereocenters. The molecule has 1 amide bonds. The van der Waals surface area contributed by atoms with Gasteiger partial charge >= 0.3 is 0 Å². The predicted molar refractivity (Wildman–Crippen MR) is 140 cm³/mol. The highest BCUT2D eigenvalue weighted by atomic mass is 32.1. The van der Waals surface area contributed by atoms with Crippen molar-refractivity contribution in [2.75, 3.05) is 26.2 Å². The second kappa shape index (κ2) is 10.5. The number of hydrogen-bond acceptors (Lipinski definition) is 6. The first-order chi connectivity index (χ1) is 16.9. The van der Waals surface area contributed by atoms with E-state index in [9.17, 15) is 9.90 Å². The highest BCUT2D eigenvalue weighted by Gasteiger charge is 2.22. The van der Waals surface area contributed by atoms with Crippen LogP contribution >= 0.6 is 11.3 Å². The third-order valence-corrected chi connectivity index (χ3v) is 7.93. The Bertz CT molecular complexity index is 1190. The van der Waals surface area contributed by atoms with E-state index in [1.165, 1.54) is 9.75 Å². The molecule has 2 fully saturated rings. The van der Waals surface area contributed by atoms with Crippen LogP contribution in [0.4, 0.5) is 0 Å². The first-order valence-corrected chi connectivity index (χ1v) is 13.1. The molecule has 6 nitrogen and oxygen atoms in total. The Morgan fingerprint density at radius 2 is 2.09 bits per heavy atom. The number of aryl methyl sites for hydroxylation is 1. The number of nitrogens with zero attached hydrogens (tertiary/aromatic N) is 1. The summed E-state index contributed by atoms with van der Waals surface area (Å²) in [5.41, 5.74) is 3.80. The summed E-state index contributed by atoms with van der Waals surface area (Å²) < 4.78 is 5.94. The minimum atomic E-state index is -0.193. The Balaban J connectivity index is 1.25. The molecule has 3 heterocycles. The van der Waals surface area contributed by atoms with Gasteiger partial charge in [-0.25, -0.2) is 0 Å². The summed E-state index contributed by atoms with van der Waals surface area (Å²) in [5.74, 6) is 0.641. The number of rotatable bonds is 8. The lowest BCUT2D eigenvalue weighted by molar-refractivity contribution is 0.0937. The van der Waals surface area contributed by atoms with Gasteiger partial charge in [0.25, 0.3) is 5.91 Å². The highest BCUT2D eigenvalue weighted by molar-refractivity contribution is 7.15. The minimum Gasteiger partial charge on any atom is -0.488 e. The lowest BCUT2D eigenvalue weighted by Gasteiger charge is -2.28. The van der Waals surface area contributed by atoms with Gasteiger partial charge in [0, 0.05) is 48.0 Å². The average Bonchev–Trinajstić information content (AvgIpc) is 3.46. The maximum atomic E-state index is 13.1. The van der Waals surface area contributed by atoms with Crippen LogP contribution in [0.3, 0.4) is 0 Å². The van der Waals surface area contributed by atoms with E-state index in [1.54, 1.807) is 11.3 Å². The molecule has 5 rings (SSSR count). The molecule has 2 saturated heterocycles. The maximum absolute atomic E-state index is 13.1. The molecule has 3 N–H and O–H groups in total. The van der Waals surface area contributed by atoms with Gasteiger partial charge in [0.1, 0.15) is 11.9 Å². The van der Waals surface area contributed by atoms with E-state index in [2.05, 4.69) is 51.9 Å². The third kappa shape index (κ3) is 5.76. The van der Waals surface area contributed by atoms with Crippen LogP contribution in [-0.4, -0.2) is 54.3 Å². The fraction of sp³-hybridized carbons (Fsp3) is 0.393. The van der Waals surface area contributed by atoms with Crippen molar-refractivity contribution in [2.45, 2.75) is 45.1 Å². The van der Waals surface area contributed by atoms with Gasteiger partial charge < -0.3 is 20.5 Å². The summed E-state index contributed by atoms with van der Waals surface area (Å²) in [4.78, 5) is 17.9.